The van der Waals surface area contributed by atoms with E-state index in [-0.39, 0.29) is 17.8 Å². The van der Waals surface area contributed by atoms with Crippen LogP contribution in [0.4, 0.5) is 8.78 Å². The van der Waals surface area contributed by atoms with Gasteiger partial charge in [0.25, 0.3) is 0 Å². The number of hydrogen-bond donors (Lipinski definition) is 0. The van der Waals surface area contributed by atoms with Crippen LogP contribution in [0, 0.1) is 0 Å². The Kier molecular flexibility index (Phi) is 4.06. The van der Waals surface area contributed by atoms with Crippen LogP contribution < -0.4 is 4.74 Å². The molecule has 1 aromatic rings. The third-order valence-electron chi connectivity index (χ3n) is 3.22. The van der Waals surface area contributed by atoms with Gasteiger partial charge in [-0.1, -0.05) is 19.1 Å². The molecule has 5 heteroatoms. The summed E-state index contributed by atoms with van der Waals surface area (Å²) in [5, 5.41) is 0. The molecule has 1 aromatic carbocycles. The molecule has 0 amide bonds. The average Bonchev–Trinajstić information content (AvgIpc) is 2.69. The molecule has 0 aromatic heterocycles. The second kappa shape index (κ2) is 5.43. The lowest BCUT2D eigenvalue weighted by molar-refractivity contribution is -0.140. The second-order valence-electron chi connectivity index (χ2n) is 5.10. The Labute approximate surface area is 111 Å². The van der Waals surface area contributed by atoms with E-state index in [9.17, 15) is 8.78 Å². The summed E-state index contributed by atoms with van der Waals surface area (Å²) >= 11 is 0. The highest BCUT2D eigenvalue weighted by molar-refractivity contribution is 5.30. The Morgan fingerprint density at radius 3 is 2.37 bits per heavy atom. The quantitative estimate of drug-likeness (QED) is 0.839. The van der Waals surface area contributed by atoms with E-state index in [0.717, 1.165) is 5.56 Å². The van der Waals surface area contributed by atoms with Crippen LogP contribution in [0.25, 0.3) is 0 Å². The van der Waals surface area contributed by atoms with Gasteiger partial charge in [-0.2, -0.15) is 8.78 Å². The highest BCUT2D eigenvalue weighted by atomic mass is 19.3. The minimum Gasteiger partial charge on any atom is -0.435 e. The van der Waals surface area contributed by atoms with E-state index < -0.39 is 12.4 Å². The Morgan fingerprint density at radius 2 is 1.89 bits per heavy atom. The van der Waals surface area contributed by atoms with Crippen molar-refractivity contribution in [2.45, 2.75) is 45.2 Å². The summed E-state index contributed by atoms with van der Waals surface area (Å²) in [6, 6.07) is 6.63. The first-order valence-corrected chi connectivity index (χ1v) is 6.24. The molecule has 0 spiro atoms. The highest BCUT2D eigenvalue weighted by Gasteiger charge is 2.36. The van der Waals surface area contributed by atoms with E-state index in [2.05, 4.69) is 4.74 Å². The molecule has 0 unspecified atom stereocenters. The van der Waals surface area contributed by atoms with Crippen LogP contribution in [-0.4, -0.2) is 25.1 Å². The van der Waals surface area contributed by atoms with E-state index >= 15 is 0 Å². The smallest absolute Gasteiger partial charge is 0.387 e. The van der Waals surface area contributed by atoms with Gasteiger partial charge in [0, 0.05) is 5.92 Å². The van der Waals surface area contributed by atoms with Crippen LogP contribution in [0.1, 0.15) is 32.3 Å². The fourth-order valence-corrected chi connectivity index (χ4v) is 2.13. The van der Waals surface area contributed by atoms with Crippen LogP contribution in [0.5, 0.6) is 5.75 Å². The first kappa shape index (κ1) is 14.2. The van der Waals surface area contributed by atoms with Crippen molar-refractivity contribution in [3.8, 4) is 5.75 Å². The molecule has 3 nitrogen and oxygen atoms in total. The molecule has 19 heavy (non-hydrogen) atoms. The molecule has 0 bridgehead atoms. The first-order valence-electron chi connectivity index (χ1n) is 6.24. The molecule has 1 saturated heterocycles. The molecule has 2 atom stereocenters. The summed E-state index contributed by atoms with van der Waals surface area (Å²) in [5.74, 6) is -0.269. The SMILES string of the molecule is C[C@@H](c1ccc(OC(F)F)cc1)[C@@H]1COC(C)(C)O1. The van der Waals surface area contributed by atoms with E-state index in [1.165, 1.54) is 0 Å². The Balaban J connectivity index is 2.02. The molecule has 1 fully saturated rings. The zero-order valence-corrected chi connectivity index (χ0v) is 11.2. The van der Waals surface area contributed by atoms with E-state index in [1.807, 2.05) is 20.8 Å². The number of ether oxygens (including phenoxy) is 3. The number of hydrogen-bond acceptors (Lipinski definition) is 3. The summed E-state index contributed by atoms with van der Waals surface area (Å²) in [6.07, 6.45) is -0.0307. The maximum absolute atomic E-state index is 12.1. The minimum atomic E-state index is -2.80. The van der Waals surface area contributed by atoms with Crippen molar-refractivity contribution in [3.63, 3.8) is 0 Å². The van der Waals surface area contributed by atoms with E-state index in [4.69, 9.17) is 9.47 Å². The van der Waals surface area contributed by atoms with Gasteiger partial charge in [-0.25, -0.2) is 0 Å². The van der Waals surface area contributed by atoms with E-state index in [1.54, 1.807) is 24.3 Å². The minimum absolute atomic E-state index is 0.0307. The van der Waals surface area contributed by atoms with Gasteiger partial charge in [0.1, 0.15) is 5.75 Å². The fourth-order valence-electron chi connectivity index (χ4n) is 2.13. The van der Waals surface area contributed by atoms with Crippen LogP contribution >= 0.6 is 0 Å². The lowest BCUT2D eigenvalue weighted by Crippen LogP contribution is -2.24. The standard InChI is InChI=1S/C14H18F2O3/c1-9(12-8-17-14(2,3)19-12)10-4-6-11(7-5-10)18-13(15)16/h4-7,9,12-13H,8H2,1-3H3/t9-,12-/m0/s1. The highest BCUT2D eigenvalue weighted by Crippen LogP contribution is 2.32. The summed E-state index contributed by atoms with van der Waals surface area (Å²) < 4.78 is 39.7. The van der Waals surface area contributed by atoms with Crippen molar-refractivity contribution < 1.29 is 23.0 Å². The van der Waals surface area contributed by atoms with Crippen LogP contribution in [0.3, 0.4) is 0 Å². The number of alkyl halides is 2. The van der Waals surface area contributed by atoms with Crippen LogP contribution in [0.2, 0.25) is 0 Å². The lowest BCUT2D eigenvalue weighted by Gasteiger charge is -2.21. The maximum atomic E-state index is 12.1. The number of rotatable bonds is 4. The molecule has 1 heterocycles. The van der Waals surface area contributed by atoms with Crippen molar-refractivity contribution in [1.29, 1.82) is 0 Å². The van der Waals surface area contributed by atoms with Gasteiger partial charge in [0.2, 0.25) is 0 Å². The van der Waals surface area contributed by atoms with Gasteiger partial charge < -0.3 is 14.2 Å². The van der Waals surface area contributed by atoms with Crippen molar-refractivity contribution in [2.24, 2.45) is 0 Å². The van der Waals surface area contributed by atoms with Crippen molar-refractivity contribution in [3.05, 3.63) is 29.8 Å². The van der Waals surface area contributed by atoms with Crippen molar-refractivity contribution in [1.82, 2.24) is 0 Å². The molecule has 1 aliphatic heterocycles. The molecule has 106 valence electrons. The zero-order chi connectivity index (χ0) is 14.0. The number of halogens is 2. The summed E-state index contributed by atoms with van der Waals surface area (Å²) in [7, 11) is 0. The van der Waals surface area contributed by atoms with Gasteiger partial charge in [-0.3, -0.25) is 0 Å². The topological polar surface area (TPSA) is 27.7 Å². The summed E-state index contributed by atoms with van der Waals surface area (Å²) in [4.78, 5) is 0. The monoisotopic (exact) mass is 272 g/mol. The number of benzene rings is 1. The molecule has 0 saturated carbocycles. The molecule has 2 rings (SSSR count). The van der Waals surface area contributed by atoms with Crippen LogP contribution in [0.15, 0.2) is 24.3 Å². The molecular weight excluding hydrogens is 254 g/mol. The first-order chi connectivity index (χ1) is 8.87. The third-order valence-corrected chi connectivity index (χ3v) is 3.22. The molecule has 0 N–H and O–H groups in total. The van der Waals surface area contributed by atoms with Gasteiger partial charge in [-0.05, 0) is 31.5 Å². The van der Waals surface area contributed by atoms with Gasteiger partial charge in [0.05, 0.1) is 12.7 Å². The molecule has 1 aliphatic rings. The fraction of sp³-hybridized carbons (Fsp3) is 0.571. The summed E-state index contributed by atoms with van der Waals surface area (Å²) in [5.41, 5.74) is 1.01. The lowest BCUT2D eigenvalue weighted by atomic mass is 9.96. The maximum Gasteiger partial charge on any atom is 0.387 e. The van der Waals surface area contributed by atoms with E-state index in [0.29, 0.717) is 6.61 Å². The predicted molar refractivity (Wildman–Crippen MR) is 66.4 cm³/mol. The Morgan fingerprint density at radius 1 is 1.26 bits per heavy atom. The van der Waals surface area contributed by atoms with Gasteiger partial charge >= 0.3 is 6.61 Å². The van der Waals surface area contributed by atoms with Crippen LogP contribution in [-0.2, 0) is 9.47 Å². The Hall–Kier alpha value is -1.20. The zero-order valence-electron chi connectivity index (χ0n) is 11.2. The van der Waals surface area contributed by atoms with Gasteiger partial charge in [-0.15, -0.1) is 0 Å². The Bertz CT molecular complexity index is 417. The molecular formula is C14H18F2O3. The van der Waals surface area contributed by atoms with Crippen molar-refractivity contribution >= 4 is 0 Å². The normalized spacial score (nSPS) is 23.6. The molecule has 0 radical (unpaired) electrons. The van der Waals surface area contributed by atoms with Crippen molar-refractivity contribution in [2.75, 3.05) is 6.61 Å². The second-order valence-corrected chi connectivity index (χ2v) is 5.10. The average molecular weight is 272 g/mol. The van der Waals surface area contributed by atoms with Gasteiger partial charge in [0.15, 0.2) is 5.79 Å². The third kappa shape index (κ3) is 3.64. The largest absolute Gasteiger partial charge is 0.435 e. The summed E-state index contributed by atoms with van der Waals surface area (Å²) in [6.45, 7) is 3.51. The molecule has 0 aliphatic carbocycles. The predicted octanol–water partition coefficient (Wildman–Crippen LogP) is 3.54.